The van der Waals surface area contributed by atoms with E-state index in [1.807, 2.05) is 0 Å². The molecule has 0 saturated heterocycles. The van der Waals surface area contributed by atoms with Crippen LogP contribution in [0.25, 0.3) is 0 Å². The summed E-state index contributed by atoms with van der Waals surface area (Å²) in [5, 5.41) is 8.33. The quantitative estimate of drug-likeness (QED) is 0.385. The Bertz CT molecular complexity index is 111. The first-order chi connectivity index (χ1) is 4.68. The van der Waals surface area contributed by atoms with Crippen LogP contribution in [0, 0.1) is 0 Å². The molecule has 0 amide bonds. The van der Waals surface area contributed by atoms with Gasteiger partial charge in [-0.25, -0.2) is 0 Å². The first kappa shape index (κ1) is 14.2. The molecule has 11 heavy (non-hydrogen) atoms. The number of unbranched alkanes of at least 4 members (excludes halogenated alkanes) is 1. The molecule has 4 nitrogen and oxygen atoms in total. The first-order valence-corrected chi connectivity index (χ1v) is 3.37. The Morgan fingerprint density at radius 1 is 1.45 bits per heavy atom. The van der Waals surface area contributed by atoms with Gasteiger partial charge in [-0.05, 0) is 19.4 Å². The van der Waals surface area contributed by atoms with Crippen LogP contribution in [0.4, 0.5) is 0 Å². The van der Waals surface area contributed by atoms with Crippen molar-refractivity contribution in [3.05, 3.63) is 0 Å². The van der Waals surface area contributed by atoms with Crippen molar-refractivity contribution in [2.75, 3.05) is 6.54 Å². The Hall–Kier alpha value is 0.650. The molecule has 0 aliphatic rings. The van der Waals surface area contributed by atoms with Crippen LogP contribution in [0.2, 0.25) is 0 Å². The maximum atomic E-state index is 10.1. The number of hydrogen-bond acceptors (Lipinski definition) is 3. The zero-order valence-corrected chi connectivity index (χ0v) is 8.83. The third kappa shape index (κ3) is 8.56. The van der Waals surface area contributed by atoms with Crippen molar-refractivity contribution < 1.29 is 9.90 Å². The average Bonchev–Trinajstić information content (AvgIpc) is 1.88. The molecule has 5 heteroatoms. The molecule has 0 aliphatic heterocycles. The molecule has 1 atom stereocenters. The second-order valence-electron chi connectivity index (χ2n) is 2.23. The van der Waals surface area contributed by atoms with E-state index in [0.717, 1.165) is 12.8 Å². The minimum absolute atomic E-state index is 0. The van der Waals surface area contributed by atoms with Gasteiger partial charge in [-0.3, -0.25) is 4.79 Å². The summed E-state index contributed by atoms with van der Waals surface area (Å²) in [7, 11) is 0. The minimum atomic E-state index is -0.933. The van der Waals surface area contributed by atoms with E-state index in [0.29, 0.717) is 13.0 Å². The van der Waals surface area contributed by atoms with Gasteiger partial charge in [0.1, 0.15) is 6.04 Å². The fourth-order valence-electron chi connectivity index (χ4n) is 0.632. The topological polar surface area (TPSA) is 89.3 Å². The van der Waals surface area contributed by atoms with Crippen molar-refractivity contribution in [1.29, 1.82) is 0 Å². The van der Waals surface area contributed by atoms with E-state index in [-0.39, 0.29) is 37.7 Å². The van der Waals surface area contributed by atoms with Crippen LogP contribution in [-0.4, -0.2) is 61.4 Å². The van der Waals surface area contributed by atoms with Crippen molar-refractivity contribution in [3.63, 3.8) is 0 Å². The van der Waals surface area contributed by atoms with Gasteiger partial charge < -0.3 is 16.6 Å². The molecule has 0 heterocycles. The normalized spacial score (nSPS) is 11.8. The van der Waals surface area contributed by atoms with E-state index in [1.165, 1.54) is 0 Å². The van der Waals surface area contributed by atoms with Gasteiger partial charge in [0.25, 0.3) is 0 Å². The third-order valence-electron chi connectivity index (χ3n) is 1.29. The van der Waals surface area contributed by atoms with Crippen LogP contribution in [0.1, 0.15) is 19.3 Å². The van der Waals surface area contributed by atoms with Gasteiger partial charge in [-0.15, -0.1) is 0 Å². The maximum absolute atomic E-state index is 10.1. The van der Waals surface area contributed by atoms with Crippen LogP contribution in [0.3, 0.4) is 0 Å². The fourth-order valence-corrected chi connectivity index (χ4v) is 0.632. The molecule has 0 radical (unpaired) electrons. The van der Waals surface area contributed by atoms with E-state index < -0.39 is 12.0 Å². The molecule has 0 rings (SSSR count). The summed E-state index contributed by atoms with van der Waals surface area (Å²) in [6, 6.07) is -0.716. The van der Waals surface area contributed by atoms with Gasteiger partial charge in [-0.1, -0.05) is 6.42 Å². The number of carbonyl (C=O) groups is 1. The Kier molecular flexibility index (Phi) is 11.3. The molecule has 60 valence electrons. The second-order valence-corrected chi connectivity index (χ2v) is 2.23. The molecule has 0 fully saturated rings. The summed E-state index contributed by atoms with van der Waals surface area (Å²) in [4.78, 5) is 10.1. The summed E-state index contributed by atoms with van der Waals surface area (Å²) in [6.45, 7) is 0.604. The van der Waals surface area contributed by atoms with E-state index in [4.69, 9.17) is 16.6 Å². The first-order valence-electron chi connectivity index (χ1n) is 3.37. The number of carboxylic acid groups (broad SMARTS) is 1. The molecule has 5 N–H and O–H groups in total. The van der Waals surface area contributed by atoms with Crippen molar-refractivity contribution in [3.8, 4) is 0 Å². The zero-order valence-electron chi connectivity index (χ0n) is 6.62. The van der Waals surface area contributed by atoms with Crippen LogP contribution >= 0.6 is 0 Å². The predicted octanol–water partition coefficient (Wildman–Crippen LogP) is -0.853. The Morgan fingerprint density at radius 3 is 2.36 bits per heavy atom. The summed E-state index contributed by atoms with van der Waals surface area (Å²) < 4.78 is 0. The van der Waals surface area contributed by atoms with Crippen molar-refractivity contribution >= 4 is 43.7 Å². The van der Waals surface area contributed by atoms with E-state index in [1.54, 1.807) is 0 Å². The number of hydrogen-bond donors (Lipinski definition) is 3. The third-order valence-corrected chi connectivity index (χ3v) is 1.29. The van der Waals surface area contributed by atoms with Crippen LogP contribution < -0.4 is 11.5 Å². The zero-order chi connectivity index (χ0) is 7.98. The second kappa shape index (κ2) is 8.74. The van der Waals surface area contributed by atoms with E-state index in [9.17, 15) is 4.79 Å². The molecule has 0 unspecified atom stereocenters. The number of aliphatic carboxylic acids is 1. The van der Waals surface area contributed by atoms with Gasteiger partial charge in [0.15, 0.2) is 0 Å². The summed E-state index contributed by atoms with van der Waals surface area (Å²) in [5.74, 6) is -0.933. The van der Waals surface area contributed by atoms with Crippen LogP contribution in [0.5, 0.6) is 0 Å². The molecular weight excluding hydrogens is 172 g/mol. The smallest absolute Gasteiger partial charge is 0.480 e. The number of nitrogens with two attached hydrogens (primary N) is 2. The van der Waals surface area contributed by atoms with Gasteiger partial charge in [0.05, 0.1) is 0 Å². The van der Waals surface area contributed by atoms with E-state index >= 15 is 0 Å². The molecule has 0 spiro atoms. The number of carboxylic acids is 1. The Labute approximate surface area is 96.3 Å². The monoisotopic (exact) mass is 186 g/mol. The SMILES string of the molecule is NCCCC[C@H](N)C(=O)O.[Ca+2]. The molecule has 0 aliphatic carbocycles. The summed E-state index contributed by atoms with van der Waals surface area (Å²) in [6.07, 6.45) is 2.16. The van der Waals surface area contributed by atoms with Crippen LogP contribution in [0.15, 0.2) is 0 Å². The predicted molar refractivity (Wildman–Crippen MR) is 44.3 cm³/mol. The van der Waals surface area contributed by atoms with E-state index in [2.05, 4.69) is 0 Å². The van der Waals surface area contributed by atoms with Crippen molar-refractivity contribution in [1.82, 2.24) is 0 Å². The van der Waals surface area contributed by atoms with Crippen molar-refractivity contribution in [2.24, 2.45) is 11.5 Å². The molecule has 0 aromatic heterocycles. The fraction of sp³-hybridized carbons (Fsp3) is 0.833. The van der Waals surface area contributed by atoms with Crippen LogP contribution in [-0.2, 0) is 4.79 Å². The minimum Gasteiger partial charge on any atom is -0.480 e. The average molecular weight is 186 g/mol. The van der Waals surface area contributed by atoms with Gasteiger partial charge >= 0.3 is 43.7 Å². The Balaban J connectivity index is 0. The molecule has 0 bridgehead atoms. The summed E-state index contributed by atoms with van der Waals surface area (Å²) in [5.41, 5.74) is 10.4. The maximum Gasteiger partial charge on any atom is 2.00 e. The van der Waals surface area contributed by atoms with Gasteiger partial charge in [0.2, 0.25) is 0 Å². The largest absolute Gasteiger partial charge is 2.00 e. The number of rotatable bonds is 5. The van der Waals surface area contributed by atoms with Gasteiger partial charge in [0, 0.05) is 0 Å². The molecular formula is C6H14CaN2O2+2. The van der Waals surface area contributed by atoms with Gasteiger partial charge in [-0.2, -0.15) is 0 Å². The summed E-state index contributed by atoms with van der Waals surface area (Å²) >= 11 is 0. The molecule has 0 saturated carbocycles. The molecule has 0 aromatic carbocycles. The Morgan fingerprint density at radius 2 is 2.00 bits per heavy atom. The molecule has 0 aromatic rings. The van der Waals surface area contributed by atoms with Crippen molar-refractivity contribution in [2.45, 2.75) is 25.3 Å². The standard InChI is InChI=1S/C6H14N2O2.Ca/c7-4-2-1-3-5(8)6(9)10;/h5H,1-4,7-8H2,(H,9,10);/q;+2/t5-;/m0./s1.